The molecule has 8 nitrogen and oxygen atoms in total. The van der Waals surface area contributed by atoms with Gasteiger partial charge in [-0.1, -0.05) is 11.6 Å². The van der Waals surface area contributed by atoms with Crippen molar-refractivity contribution in [1.82, 2.24) is 15.3 Å². The second-order valence-electron chi connectivity index (χ2n) is 5.75. The molecule has 0 aliphatic rings. The highest BCUT2D eigenvalue weighted by molar-refractivity contribution is 7.80. The van der Waals surface area contributed by atoms with E-state index in [1.807, 2.05) is 19.9 Å². The van der Waals surface area contributed by atoms with Crippen molar-refractivity contribution in [2.45, 2.75) is 13.8 Å². The van der Waals surface area contributed by atoms with Crippen LogP contribution in [0.1, 0.15) is 11.4 Å². The van der Waals surface area contributed by atoms with Crippen LogP contribution in [0.2, 0.25) is 5.02 Å². The van der Waals surface area contributed by atoms with Gasteiger partial charge in [-0.3, -0.25) is 10.3 Å². The van der Waals surface area contributed by atoms with Crippen molar-refractivity contribution in [3.8, 4) is 5.75 Å². The number of nitrogens with zero attached hydrogens (tertiary/aromatic N) is 3. The molecule has 1 aromatic carbocycles. The minimum absolute atomic E-state index is 0.300. The lowest BCUT2D eigenvalue weighted by Gasteiger charge is -2.16. The highest BCUT2D eigenvalue weighted by Gasteiger charge is 2.10. The van der Waals surface area contributed by atoms with E-state index in [1.54, 1.807) is 32.4 Å². The summed E-state index contributed by atoms with van der Waals surface area (Å²) in [5.74, 6) is 1.42. The van der Waals surface area contributed by atoms with Crippen LogP contribution in [0, 0.1) is 13.8 Å². The first kappa shape index (κ1) is 21.8. The monoisotopic (exact) mass is 422 g/mol. The first-order valence-electron chi connectivity index (χ1n) is 8.45. The Hall–Kier alpha value is -2.49. The van der Waals surface area contributed by atoms with Crippen LogP contribution < -0.4 is 20.7 Å². The molecule has 0 saturated heterocycles. The van der Waals surface area contributed by atoms with Crippen molar-refractivity contribution >= 4 is 46.5 Å². The van der Waals surface area contributed by atoms with Crippen LogP contribution in [0.5, 0.6) is 5.75 Å². The normalized spacial score (nSPS) is 11.1. The zero-order chi connectivity index (χ0) is 20.5. The van der Waals surface area contributed by atoms with E-state index >= 15 is 0 Å². The molecular weight excluding hydrogens is 400 g/mol. The number of ether oxygens (including phenoxy) is 2. The predicted molar refractivity (Wildman–Crippen MR) is 117 cm³/mol. The predicted octanol–water partition coefficient (Wildman–Crippen LogP) is 3.16. The van der Waals surface area contributed by atoms with Gasteiger partial charge in [-0.05, 0) is 50.3 Å². The van der Waals surface area contributed by atoms with Gasteiger partial charge in [-0.15, -0.1) is 0 Å². The fourth-order valence-electron chi connectivity index (χ4n) is 2.29. The van der Waals surface area contributed by atoms with E-state index in [-0.39, 0.29) is 0 Å². The van der Waals surface area contributed by atoms with Crippen molar-refractivity contribution in [2.24, 2.45) is 4.99 Å². The highest BCUT2D eigenvalue weighted by atomic mass is 35.5. The summed E-state index contributed by atoms with van der Waals surface area (Å²) in [6.45, 7) is 4.68. The third kappa shape index (κ3) is 6.91. The van der Waals surface area contributed by atoms with Gasteiger partial charge in [-0.2, -0.15) is 0 Å². The molecular formula is C18H23ClN6O2S. The lowest BCUT2D eigenvalue weighted by molar-refractivity contribution is 0.208. The van der Waals surface area contributed by atoms with Gasteiger partial charge >= 0.3 is 0 Å². The van der Waals surface area contributed by atoms with E-state index in [0.717, 1.165) is 11.4 Å². The van der Waals surface area contributed by atoms with Crippen LogP contribution in [0.3, 0.4) is 0 Å². The molecule has 0 bridgehead atoms. The molecule has 0 saturated carbocycles. The first-order valence-corrected chi connectivity index (χ1v) is 9.24. The number of thiocarbonyl (C=S) groups is 1. The number of benzene rings is 1. The molecule has 1 heterocycles. The van der Waals surface area contributed by atoms with Gasteiger partial charge in [0.15, 0.2) is 5.11 Å². The van der Waals surface area contributed by atoms with Gasteiger partial charge in [0.05, 0.1) is 25.9 Å². The number of hydrogen-bond donors (Lipinski definition) is 3. The maximum absolute atomic E-state index is 6.06. The van der Waals surface area contributed by atoms with E-state index < -0.39 is 0 Å². The molecule has 0 radical (unpaired) electrons. The maximum atomic E-state index is 6.06. The molecule has 0 aliphatic heterocycles. The van der Waals surface area contributed by atoms with E-state index in [4.69, 9.17) is 33.3 Å². The number of rotatable bonds is 6. The van der Waals surface area contributed by atoms with Gasteiger partial charge in [-0.25, -0.2) is 9.97 Å². The summed E-state index contributed by atoms with van der Waals surface area (Å²) in [5.41, 5.74) is 2.32. The van der Waals surface area contributed by atoms with Gasteiger partial charge in [0, 0.05) is 23.5 Å². The van der Waals surface area contributed by atoms with E-state index in [2.05, 4.69) is 30.9 Å². The van der Waals surface area contributed by atoms with Crippen molar-refractivity contribution in [1.29, 1.82) is 0 Å². The Bertz CT molecular complexity index is 842. The Morgan fingerprint density at radius 1 is 1.14 bits per heavy atom. The minimum atomic E-state index is 0.300. The summed E-state index contributed by atoms with van der Waals surface area (Å²) in [6.07, 6.45) is 0. The van der Waals surface area contributed by atoms with Crippen LogP contribution in [-0.2, 0) is 4.74 Å². The molecule has 0 amide bonds. The van der Waals surface area contributed by atoms with Crippen LogP contribution >= 0.6 is 23.8 Å². The summed E-state index contributed by atoms with van der Waals surface area (Å²) in [5, 5.41) is 9.97. The maximum Gasteiger partial charge on any atom is 0.229 e. The Morgan fingerprint density at radius 2 is 1.86 bits per heavy atom. The molecule has 0 aliphatic carbocycles. The van der Waals surface area contributed by atoms with Crippen LogP contribution in [0.4, 0.5) is 11.6 Å². The number of nitrogens with one attached hydrogen (secondary N) is 3. The molecule has 1 aromatic heterocycles. The number of halogens is 1. The van der Waals surface area contributed by atoms with Gasteiger partial charge in [0.1, 0.15) is 5.75 Å². The van der Waals surface area contributed by atoms with Crippen molar-refractivity contribution in [3.05, 3.63) is 40.7 Å². The zero-order valence-electron chi connectivity index (χ0n) is 16.2. The third-order valence-corrected chi connectivity index (χ3v) is 3.86. The van der Waals surface area contributed by atoms with Crippen LogP contribution in [0.15, 0.2) is 29.3 Å². The summed E-state index contributed by atoms with van der Waals surface area (Å²) in [4.78, 5) is 13.1. The minimum Gasteiger partial charge on any atom is -0.495 e. The number of anilines is 2. The summed E-state index contributed by atoms with van der Waals surface area (Å²) >= 11 is 11.5. The first-order chi connectivity index (χ1) is 13.4. The van der Waals surface area contributed by atoms with E-state index in [1.165, 1.54) is 0 Å². The standard InChI is InChI=1S/C18H23ClN6O2S/c1-11-9-12(2)22-17(21-11)24-16(20-7-8-26-3)25-18(28)23-14-10-13(19)5-6-15(14)27-4/h5-6,9-10H,7-8H2,1-4H3,(H3,20,21,22,23,24,25,28). The largest absolute Gasteiger partial charge is 0.495 e. The number of guanidine groups is 1. The summed E-state index contributed by atoms with van der Waals surface area (Å²) in [7, 11) is 3.18. The molecule has 0 atom stereocenters. The number of aliphatic imine (C=N–C) groups is 1. The number of aryl methyl sites for hydroxylation is 2. The highest BCUT2D eigenvalue weighted by Crippen LogP contribution is 2.27. The molecule has 2 rings (SSSR count). The summed E-state index contributed by atoms with van der Waals surface area (Å²) < 4.78 is 10.4. The van der Waals surface area contributed by atoms with Gasteiger partial charge < -0.3 is 20.1 Å². The van der Waals surface area contributed by atoms with Crippen molar-refractivity contribution < 1.29 is 9.47 Å². The van der Waals surface area contributed by atoms with Crippen LogP contribution in [-0.4, -0.2) is 48.4 Å². The molecule has 28 heavy (non-hydrogen) atoms. The molecule has 0 unspecified atom stereocenters. The Labute approximate surface area is 174 Å². The Kier molecular flexibility index (Phi) is 8.37. The Balaban J connectivity index is 2.14. The van der Waals surface area contributed by atoms with Gasteiger partial charge in [0.2, 0.25) is 11.9 Å². The molecule has 3 N–H and O–H groups in total. The number of methoxy groups -OCH3 is 2. The quantitative estimate of drug-likeness (QED) is 0.283. The molecule has 2 aromatic rings. The topological polar surface area (TPSA) is 92.7 Å². The van der Waals surface area contributed by atoms with Gasteiger partial charge in [0.25, 0.3) is 0 Å². The molecule has 10 heteroatoms. The van der Waals surface area contributed by atoms with Crippen LogP contribution in [0.25, 0.3) is 0 Å². The fourth-order valence-corrected chi connectivity index (χ4v) is 2.66. The lowest BCUT2D eigenvalue weighted by atomic mass is 10.3. The van der Waals surface area contributed by atoms with E-state index in [9.17, 15) is 0 Å². The molecule has 0 fully saturated rings. The fraction of sp³-hybridized carbons (Fsp3) is 0.333. The second kappa shape index (κ2) is 10.7. The Morgan fingerprint density at radius 3 is 2.50 bits per heavy atom. The lowest BCUT2D eigenvalue weighted by Crippen LogP contribution is -2.39. The third-order valence-electron chi connectivity index (χ3n) is 3.42. The van der Waals surface area contributed by atoms with E-state index in [0.29, 0.717) is 46.6 Å². The average molecular weight is 423 g/mol. The molecule has 150 valence electrons. The smallest absolute Gasteiger partial charge is 0.229 e. The van der Waals surface area contributed by atoms with Crippen molar-refractivity contribution in [3.63, 3.8) is 0 Å². The second-order valence-corrected chi connectivity index (χ2v) is 6.59. The zero-order valence-corrected chi connectivity index (χ0v) is 17.7. The average Bonchev–Trinajstić information content (AvgIpc) is 2.61. The number of aromatic nitrogens is 2. The van der Waals surface area contributed by atoms with Crippen molar-refractivity contribution in [2.75, 3.05) is 38.0 Å². The molecule has 0 spiro atoms. The number of hydrogen-bond acceptors (Lipinski definition) is 6. The SMILES string of the molecule is COCCN=C(NC(=S)Nc1cc(Cl)ccc1OC)Nc1nc(C)cc(C)n1. The summed E-state index contributed by atoms with van der Waals surface area (Å²) in [6, 6.07) is 7.09.